The monoisotopic (exact) mass is 223 g/mol. The van der Waals surface area contributed by atoms with Gasteiger partial charge < -0.3 is 10.8 Å². The molecular weight excluding hydrogens is 202 g/mol. The van der Waals surface area contributed by atoms with Gasteiger partial charge in [0.1, 0.15) is 0 Å². The van der Waals surface area contributed by atoms with Crippen molar-refractivity contribution in [3.8, 4) is 0 Å². The van der Waals surface area contributed by atoms with E-state index in [-0.39, 0.29) is 5.41 Å². The van der Waals surface area contributed by atoms with Crippen molar-refractivity contribution in [2.75, 3.05) is 6.54 Å². The molecule has 0 saturated heterocycles. The zero-order chi connectivity index (χ0) is 11.3. The zero-order valence-electron chi connectivity index (χ0n) is 9.69. The molecule has 3 aliphatic rings. The Hall–Kier alpha value is -0.570. The Morgan fingerprint density at radius 3 is 2.81 bits per heavy atom. The van der Waals surface area contributed by atoms with Gasteiger partial charge in [-0.2, -0.15) is 0 Å². The molecule has 3 N–H and O–H groups in total. The summed E-state index contributed by atoms with van der Waals surface area (Å²) in [5.74, 6) is 2.28. The van der Waals surface area contributed by atoms with Gasteiger partial charge in [0, 0.05) is 0 Å². The molecule has 3 aliphatic carbocycles. The molecule has 2 bridgehead atoms. The minimum absolute atomic E-state index is 0.0360. The highest BCUT2D eigenvalue weighted by Crippen LogP contribution is 2.68. The number of rotatable bonds is 3. The molecule has 3 fully saturated rings. The maximum absolute atomic E-state index is 11.1. The first-order valence-electron chi connectivity index (χ1n) is 6.59. The van der Waals surface area contributed by atoms with Crippen molar-refractivity contribution in [1.82, 2.24) is 0 Å². The van der Waals surface area contributed by atoms with Crippen LogP contribution in [0.3, 0.4) is 0 Å². The highest BCUT2D eigenvalue weighted by atomic mass is 16.4. The second-order valence-electron chi connectivity index (χ2n) is 6.15. The lowest BCUT2D eigenvalue weighted by atomic mass is 9.45. The third-order valence-electron chi connectivity index (χ3n) is 5.69. The van der Waals surface area contributed by atoms with Crippen molar-refractivity contribution in [3.05, 3.63) is 0 Å². The summed E-state index contributed by atoms with van der Waals surface area (Å²) >= 11 is 0. The number of hydrogen-bond donors (Lipinski definition) is 2. The van der Waals surface area contributed by atoms with Crippen molar-refractivity contribution in [3.63, 3.8) is 0 Å². The minimum atomic E-state index is -0.655. The Kier molecular flexibility index (Phi) is 2.29. The van der Waals surface area contributed by atoms with Crippen LogP contribution in [0.5, 0.6) is 0 Å². The van der Waals surface area contributed by atoms with Gasteiger partial charge in [-0.05, 0) is 54.9 Å². The first kappa shape index (κ1) is 10.6. The van der Waals surface area contributed by atoms with E-state index in [9.17, 15) is 4.79 Å². The first-order valence-corrected chi connectivity index (χ1v) is 6.59. The van der Waals surface area contributed by atoms with Crippen LogP contribution >= 0.6 is 0 Å². The van der Waals surface area contributed by atoms with Crippen molar-refractivity contribution in [2.24, 2.45) is 34.8 Å². The summed E-state index contributed by atoms with van der Waals surface area (Å²) in [5.41, 5.74) is 5.91. The van der Waals surface area contributed by atoms with Gasteiger partial charge >= 0.3 is 5.97 Å². The largest absolute Gasteiger partial charge is 0.481 e. The molecule has 0 amide bonds. The Morgan fingerprint density at radius 1 is 1.31 bits per heavy atom. The van der Waals surface area contributed by atoms with Crippen LogP contribution in [-0.2, 0) is 4.79 Å². The van der Waals surface area contributed by atoms with Gasteiger partial charge in [-0.3, -0.25) is 4.79 Å². The Balaban J connectivity index is 1.88. The standard InChI is InChI=1S/C13H21NO2/c14-7-13(6-12(15)16)10-3-1-2-8-4-9(10)11(13)5-8/h8-11H,1-7,14H2,(H,15,16)/t8-,9-,10+,11-,13-/m1/s1. The fourth-order valence-electron chi connectivity index (χ4n) is 5.15. The van der Waals surface area contributed by atoms with Crippen LogP contribution in [0.1, 0.15) is 38.5 Å². The molecule has 16 heavy (non-hydrogen) atoms. The highest BCUT2D eigenvalue weighted by molar-refractivity contribution is 5.68. The van der Waals surface area contributed by atoms with Gasteiger partial charge in [0.2, 0.25) is 0 Å². The van der Waals surface area contributed by atoms with Crippen molar-refractivity contribution in [1.29, 1.82) is 0 Å². The van der Waals surface area contributed by atoms with E-state index in [0.717, 1.165) is 11.8 Å². The van der Waals surface area contributed by atoms with Crippen LogP contribution in [0.25, 0.3) is 0 Å². The second-order valence-corrected chi connectivity index (χ2v) is 6.15. The summed E-state index contributed by atoms with van der Waals surface area (Å²) in [7, 11) is 0. The van der Waals surface area contributed by atoms with Crippen molar-refractivity contribution in [2.45, 2.75) is 38.5 Å². The maximum atomic E-state index is 11.1. The van der Waals surface area contributed by atoms with Crippen LogP contribution in [0, 0.1) is 29.1 Å². The molecule has 0 aromatic rings. The van der Waals surface area contributed by atoms with Crippen LogP contribution in [0.2, 0.25) is 0 Å². The molecule has 0 aliphatic heterocycles. The third kappa shape index (κ3) is 1.21. The average molecular weight is 223 g/mol. The van der Waals surface area contributed by atoms with E-state index in [4.69, 9.17) is 10.8 Å². The van der Waals surface area contributed by atoms with Crippen LogP contribution < -0.4 is 5.73 Å². The van der Waals surface area contributed by atoms with Crippen LogP contribution in [0.4, 0.5) is 0 Å². The van der Waals surface area contributed by atoms with Gasteiger partial charge in [0.25, 0.3) is 0 Å². The normalized spacial score (nSPS) is 49.6. The van der Waals surface area contributed by atoms with E-state index >= 15 is 0 Å². The molecule has 0 aromatic carbocycles. The van der Waals surface area contributed by atoms with Crippen molar-refractivity contribution < 1.29 is 9.90 Å². The Labute approximate surface area is 96.4 Å². The number of carboxylic acid groups (broad SMARTS) is 1. The molecule has 0 unspecified atom stereocenters. The van der Waals surface area contributed by atoms with Gasteiger partial charge in [-0.25, -0.2) is 0 Å². The fraction of sp³-hybridized carbons (Fsp3) is 0.923. The smallest absolute Gasteiger partial charge is 0.303 e. The van der Waals surface area contributed by atoms with Crippen molar-refractivity contribution >= 4 is 5.97 Å². The quantitative estimate of drug-likeness (QED) is 0.767. The lowest BCUT2D eigenvalue weighted by Gasteiger charge is -2.59. The number of carboxylic acids is 1. The molecule has 0 aromatic heterocycles. The number of hydrogen-bond acceptors (Lipinski definition) is 2. The SMILES string of the molecule is NC[C@@]1(CC(=O)O)[C@@H]2C[C@@H]3CCC[C@H]1[C@H]2C3. The number of carbonyl (C=O) groups is 1. The summed E-state index contributed by atoms with van der Waals surface area (Å²) in [6.07, 6.45) is 6.81. The zero-order valence-corrected chi connectivity index (χ0v) is 9.69. The van der Waals surface area contributed by atoms with Gasteiger partial charge in [-0.15, -0.1) is 0 Å². The summed E-state index contributed by atoms with van der Waals surface area (Å²) in [6, 6.07) is 0. The fourth-order valence-corrected chi connectivity index (χ4v) is 5.15. The third-order valence-corrected chi connectivity index (χ3v) is 5.69. The van der Waals surface area contributed by atoms with E-state index in [1.807, 2.05) is 0 Å². The molecule has 90 valence electrons. The molecule has 0 radical (unpaired) electrons. The van der Waals surface area contributed by atoms with E-state index in [1.165, 1.54) is 32.1 Å². The van der Waals surface area contributed by atoms with Gasteiger partial charge in [0.05, 0.1) is 6.42 Å². The molecule has 3 rings (SSSR count). The van der Waals surface area contributed by atoms with Gasteiger partial charge in [-0.1, -0.05) is 12.8 Å². The molecule has 5 atom stereocenters. The van der Waals surface area contributed by atoms with E-state index in [1.54, 1.807) is 0 Å². The summed E-state index contributed by atoms with van der Waals surface area (Å²) in [6.45, 7) is 0.581. The predicted octanol–water partition coefficient (Wildman–Crippen LogP) is 1.86. The molecular formula is C13H21NO2. The number of aliphatic carboxylic acids is 1. The maximum Gasteiger partial charge on any atom is 0.303 e. The minimum Gasteiger partial charge on any atom is -0.481 e. The second kappa shape index (κ2) is 3.46. The predicted molar refractivity (Wildman–Crippen MR) is 60.8 cm³/mol. The van der Waals surface area contributed by atoms with E-state index < -0.39 is 5.97 Å². The topological polar surface area (TPSA) is 63.3 Å². The summed E-state index contributed by atoms with van der Waals surface area (Å²) < 4.78 is 0. The summed E-state index contributed by atoms with van der Waals surface area (Å²) in [5, 5.41) is 9.11. The first-order chi connectivity index (χ1) is 7.67. The lowest BCUT2D eigenvalue weighted by Crippen LogP contribution is -2.59. The molecule has 3 saturated carbocycles. The lowest BCUT2D eigenvalue weighted by molar-refractivity contribution is -0.156. The Morgan fingerprint density at radius 2 is 2.12 bits per heavy atom. The molecule has 0 spiro atoms. The molecule has 3 nitrogen and oxygen atoms in total. The highest BCUT2D eigenvalue weighted by Gasteiger charge is 2.64. The number of nitrogens with two attached hydrogens (primary N) is 1. The van der Waals surface area contributed by atoms with E-state index in [2.05, 4.69) is 0 Å². The molecule has 0 heterocycles. The summed E-state index contributed by atoms with van der Waals surface area (Å²) in [4.78, 5) is 11.1. The van der Waals surface area contributed by atoms with Crippen LogP contribution in [-0.4, -0.2) is 17.6 Å². The van der Waals surface area contributed by atoms with Gasteiger partial charge in [0.15, 0.2) is 0 Å². The van der Waals surface area contributed by atoms with E-state index in [0.29, 0.717) is 24.8 Å². The molecule has 3 heteroatoms. The Bertz CT molecular complexity index is 317. The average Bonchev–Trinajstić information content (AvgIpc) is 2.46. The number of fused-ring (bicyclic) bond motifs is 1. The van der Waals surface area contributed by atoms with Crippen LogP contribution in [0.15, 0.2) is 0 Å².